The van der Waals surface area contributed by atoms with Crippen molar-refractivity contribution in [1.82, 2.24) is 4.31 Å². The van der Waals surface area contributed by atoms with E-state index in [4.69, 9.17) is 16.9 Å². The van der Waals surface area contributed by atoms with E-state index in [1.54, 1.807) is 24.3 Å². The molecule has 9 heteroatoms. The Bertz CT molecular complexity index is 948. The molecule has 0 radical (unpaired) electrons. The Morgan fingerprint density at radius 2 is 2.04 bits per heavy atom. The van der Waals surface area contributed by atoms with Crippen LogP contribution in [-0.4, -0.2) is 31.2 Å². The molecular weight excluding hydrogens is 394 g/mol. The van der Waals surface area contributed by atoms with Crippen LogP contribution in [0.3, 0.4) is 0 Å². The average molecular weight is 410 g/mol. The number of benzene rings is 1. The molecule has 1 fully saturated rings. The van der Waals surface area contributed by atoms with Gasteiger partial charge in [-0.25, -0.2) is 8.42 Å². The van der Waals surface area contributed by atoms with Gasteiger partial charge in [-0.05, 0) is 42.7 Å². The van der Waals surface area contributed by atoms with E-state index in [1.807, 2.05) is 0 Å². The van der Waals surface area contributed by atoms with Crippen LogP contribution in [0.1, 0.15) is 18.4 Å². The molecule has 0 aliphatic carbocycles. The summed E-state index contributed by atoms with van der Waals surface area (Å²) in [6.07, 6.45) is 1.39. The summed E-state index contributed by atoms with van der Waals surface area (Å²) in [5.41, 5.74) is 1.42. The predicted octanol–water partition coefficient (Wildman–Crippen LogP) is 3.26. The van der Waals surface area contributed by atoms with E-state index >= 15 is 0 Å². The number of carbonyl (C=O) groups excluding carboxylic acids is 1. The van der Waals surface area contributed by atoms with Crippen molar-refractivity contribution in [3.63, 3.8) is 0 Å². The lowest BCUT2D eigenvalue weighted by Gasteiger charge is -2.22. The lowest BCUT2D eigenvalue weighted by molar-refractivity contribution is -0.119. The van der Waals surface area contributed by atoms with Gasteiger partial charge in [-0.1, -0.05) is 23.7 Å². The van der Waals surface area contributed by atoms with E-state index in [2.05, 4.69) is 11.4 Å². The van der Waals surface area contributed by atoms with Gasteiger partial charge in [0, 0.05) is 12.2 Å². The van der Waals surface area contributed by atoms with Crippen LogP contribution in [0.25, 0.3) is 0 Å². The fourth-order valence-corrected chi connectivity index (χ4v) is 6.13. The Labute approximate surface area is 161 Å². The van der Waals surface area contributed by atoms with Gasteiger partial charge >= 0.3 is 0 Å². The normalized spacial score (nSPS) is 17.8. The lowest BCUT2D eigenvalue weighted by atomic mass is 10.1. The second-order valence-electron chi connectivity index (χ2n) is 5.85. The summed E-state index contributed by atoms with van der Waals surface area (Å²) < 4.78 is 27.4. The highest BCUT2D eigenvalue weighted by Gasteiger charge is 2.40. The fraction of sp³-hybridized carbons (Fsp3) is 0.294. The van der Waals surface area contributed by atoms with Crippen LogP contribution < -0.4 is 5.32 Å². The molecule has 0 bridgehead atoms. The molecule has 0 spiro atoms. The summed E-state index contributed by atoms with van der Waals surface area (Å²) in [4.78, 5) is 12.6. The summed E-state index contributed by atoms with van der Waals surface area (Å²) in [5.74, 6) is -0.359. The third-order valence-electron chi connectivity index (χ3n) is 4.12. The zero-order valence-electron chi connectivity index (χ0n) is 13.7. The van der Waals surface area contributed by atoms with Crippen molar-refractivity contribution in [1.29, 1.82) is 5.26 Å². The second kappa shape index (κ2) is 7.76. The molecule has 1 aromatic carbocycles. The first kappa shape index (κ1) is 18.9. The summed E-state index contributed by atoms with van der Waals surface area (Å²) in [6.45, 7) is 0.303. The van der Waals surface area contributed by atoms with Crippen LogP contribution in [0.2, 0.25) is 4.34 Å². The number of nitriles is 1. The highest BCUT2D eigenvalue weighted by atomic mass is 35.5. The quantitative estimate of drug-likeness (QED) is 0.820. The summed E-state index contributed by atoms with van der Waals surface area (Å²) in [6, 6.07) is 11.2. The topological polar surface area (TPSA) is 90.3 Å². The molecule has 6 nitrogen and oxygen atoms in total. The molecule has 1 atom stereocenters. The number of thiophene rings is 1. The molecule has 1 N–H and O–H groups in total. The predicted molar refractivity (Wildman–Crippen MR) is 101 cm³/mol. The number of nitrogens with one attached hydrogen (secondary N) is 1. The Morgan fingerprint density at radius 1 is 1.31 bits per heavy atom. The van der Waals surface area contributed by atoms with Crippen LogP contribution >= 0.6 is 22.9 Å². The van der Waals surface area contributed by atoms with Gasteiger partial charge in [-0.15, -0.1) is 11.3 Å². The Balaban J connectivity index is 1.75. The van der Waals surface area contributed by atoms with Crippen LogP contribution in [0, 0.1) is 11.3 Å². The number of amides is 1. The molecule has 1 aliphatic heterocycles. The maximum atomic E-state index is 12.8. The molecule has 1 saturated heterocycles. The molecule has 2 aromatic rings. The number of halogens is 1. The second-order valence-corrected chi connectivity index (χ2v) is 9.69. The number of anilines is 1. The number of rotatable bonds is 5. The van der Waals surface area contributed by atoms with Gasteiger partial charge in [-0.2, -0.15) is 9.57 Å². The highest BCUT2D eigenvalue weighted by molar-refractivity contribution is 7.91. The third kappa shape index (κ3) is 3.91. The van der Waals surface area contributed by atoms with Gasteiger partial charge < -0.3 is 5.32 Å². The van der Waals surface area contributed by atoms with Crippen LogP contribution in [0.15, 0.2) is 40.6 Å². The SMILES string of the molecule is N#CCc1ccc(NC(=O)[C@H]2CCCN2S(=O)(=O)c2ccc(Cl)s2)cc1. The minimum absolute atomic E-state index is 0.142. The van der Waals surface area contributed by atoms with E-state index in [1.165, 1.54) is 16.4 Å². The largest absolute Gasteiger partial charge is 0.325 e. The van der Waals surface area contributed by atoms with E-state index in [9.17, 15) is 13.2 Å². The maximum Gasteiger partial charge on any atom is 0.253 e. The van der Waals surface area contributed by atoms with Gasteiger partial charge in [-0.3, -0.25) is 4.79 Å². The van der Waals surface area contributed by atoms with Crippen LogP contribution in [0.5, 0.6) is 0 Å². The number of carbonyl (C=O) groups is 1. The van der Waals surface area contributed by atoms with Crippen molar-refractivity contribution in [3.05, 3.63) is 46.3 Å². The fourth-order valence-electron chi connectivity index (χ4n) is 2.86. The van der Waals surface area contributed by atoms with Crippen LogP contribution in [0.4, 0.5) is 5.69 Å². The number of hydrogen-bond acceptors (Lipinski definition) is 5. The molecule has 1 aromatic heterocycles. The van der Waals surface area contributed by atoms with Gasteiger partial charge in [0.1, 0.15) is 10.3 Å². The van der Waals surface area contributed by atoms with Gasteiger partial charge in [0.05, 0.1) is 16.8 Å². The Kier molecular flexibility index (Phi) is 5.63. The summed E-state index contributed by atoms with van der Waals surface area (Å²) in [5, 5.41) is 11.5. The first-order chi connectivity index (χ1) is 12.4. The Hall–Kier alpha value is -1.92. The minimum Gasteiger partial charge on any atom is -0.325 e. The van der Waals surface area contributed by atoms with Crippen molar-refractivity contribution >= 4 is 44.6 Å². The van der Waals surface area contributed by atoms with Crippen molar-refractivity contribution in [2.45, 2.75) is 29.5 Å². The van der Waals surface area contributed by atoms with E-state index < -0.39 is 16.1 Å². The lowest BCUT2D eigenvalue weighted by Crippen LogP contribution is -2.42. The number of nitrogens with zero attached hydrogens (tertiary/aromatic N) is 2. The average Bonchev–Trinajstić information content (AvgIpc) is 3.26. The molecule has 3 rings (SSSR count). The highest BCUT2D eigenvalue weighted by Crippen LogP contribution is 2.32. The summed E-state index contributed by atoms with van der Waals surface area (Å²) in [7, 11) is -3.75. The van der Waals surface area contributed by atoms with Gasteiger partial charge in [0.2, 0.25) is 5.91 Å². The van der Waals surface area contributed by atoms with E-state index in [0.717, 1.165) is 16.9 Å². The zero-order valence-corrected chi connectivity index (χ0v) is 16.1. The number of sulfonamides is 1. The molecule has 2 heterocycles. The molecule has 0 unspecified atom stereocenters. The standard InChI is InChI=1S/C17H16ClN3O3S2/c18-15-7-8-16(25-15)26(23,24)21-11-1-2-14(21)17(22)20-13-5-3-12(4-6-13)9-10-19/h3-8,14H,1-2,9,11H2,(H,20,22)/t14-/m1/s1. The van der Waals surface area contributed by atoms with Crippen molar-refractivity contribution in [2.24, 2.45) is 0 Å². The van der Waals surface area contributed by atoms with Crippen LogP contribution in [-0.2, 0) is 21.2 Å². The maximum absolute atomic E-state index is 12.8. The van der Waals surface area contributed by atoms with Crippen molar-refractivity contribution in [3.8, 4) is 6.07 Å². The van der Waals surface area contributed by atoms with Crippen molar-refractivity contribution < 1.29 is 13.2 Å². The van der Waals surface area contributed by atoms with E-state index in [0.29, 0.717) is 35.8 Å². The molecule has 0 saturated carbocycles. The summed E-state index contributed by atoms with van der Waals surface area (Å²) >= 11 is 6.83. The zero-order chi connectivity index (χ0) is 18.7. The molecule has 136 valence electrons. The molecule has 26 heavy (non-hydrogen) atoms. The monoisotopic (exact) mass is 409 g/mol. The first-order valence-electron chi connectivity index (χ1n) is 7.96. The minimum atomic E-state index is -3.75. The third-order valence-corrected chi connectivity index (χ3v) is 7.73. The number of hydrogen-bond donors (Lipinski definition) is 1. The first-order valence-corrected chi connectivity index (χ1v) is 10.6. The molecular formula is C17H16ClN3O3S2. The molecule has 1 aliphatic rings. The van der Waals surface area contributed by atoms with Crippen molar-refractivity contribution in [2.75, 3.05) is 11.9 Å². The Morgan fingerprint density at radius 3 is 2.65 bits per heavy atom. The van der Waals surface area contributed by atoms with Gasteiger partial charge in [0.15, 0.2) is 0 Å². The van der Waals surface area contributed by atoms with E-state index in [-0.39, 0.29) is 10.1 Å². The van der Waals surface area contributed by atoms with Gasteiger partial charge in [0.25, 0.3) is 10.0 Å². The smallest absolute Gasteiger partial charge is 0.253 e. The molecule has 1 amide bonds.